The molecule has 16 heteroatoms. The zero-order chi connectivity index (χ0) is 26.7. The van der Waals surface area contributed by atoms with E-state index >= 15 is 0 Å². The molecule has 2 bridgehead atoms. The molecule has 4 rings (SSSR count). The molecule has 1 aromatic carbocycles. The smallest absolute Gasteiger partial charge is 0.426 e. The lowest BCUT2D eigenvalue weighted by molar-refractivity contribution is -0.220. The summed E-state index contributed by atoms with van der Waals surface area (Å²) in [7, 11) is 12.1. The normalized spacial score (nSPS) is 29.6. The Morgan fingerprint density at radius 1 is 1.22 bits per heavy atom. The van der Waals surface area contributed by atoms with Crippen molar-refractivity contribution in [2.24, 2.45) is 23.7 Å². The van der Waals surface area contributed by atoms with Gasteiger partial charge in [-0.2, -0.15) is 21.6 Å². The predicted molar refractivity (Wildman–Crippen MR) is 117 cm³/mol. The second-order valence-electron chi connectivity index (χ2n) is 8.94. The summed E-state index contributed by atoms with van der Waals surface area (Å²) in [6.45, 7) is 0. The SMILES string of the molecule is [B]Cc1c([B])cc([B])cc1C(=O)OC1C2CC3C(OC(=O)C31)C2C(=O)OC(CS(=O)(=O)O)C(F)(F)F. The Morgan fingerprint density at radius 2 is 1.89 bits per heavy atom. The lowest BCUT2D eigenvalue weighted by atomic mass is 9.77. The summed E-state index contributed by atoms with van der Waals surface area (Å²) in [5, 5.41) is 0. The molecule has 6 radical (unpaired) electrons. The Labute approximate surface area is 207 Å². The highest BCUT2D eigenvalue weighted by molar-refractivity contribution is 7.85. The molecule has 9 nitrogen and oxygen atoms in total. The van der Waals surface area contributed by atoms with Crippen molar-refractivity contribution in [1.82, 2.24) is 0 Å². The molecule has 0 amide bonds. The zero-order valence-corrected chi connectivity index (χ0v) is 19.1. The van der Waals surface area contributed by atoms with Crippen LogP contribution in [0.15, 0.2) is 12.1 Å². The molecule has 2 saturated carbocycles. The summed E-state index contributed by atoms with van der Waals surface area (Å²) in [6, 6.07) is 2.64. The van der Waals surface area contributed by atoms with Crippen LogP contribution < -0.4 is 10.9 Å². The first-order valence-corrected chi connectivity index (χ1v) is 12.2. The summed E-state index contributed by atoms with van der Waals surface area (Å²) in [4.78, 5) is 38.2. The van der Waals surface area contributed by atoms with Crippen molar-refractivity contribution < 1.29 is 54.7 Å². The monoisotopic (exact) mass is 522 g/mol. The standard InChI is InChI=1S/C20H16B3F3O9S/c21-4-10-7(1-6(22)2-11(10)23)17(27)34-15-8-3-9-14(15)19(29)35-16(9)13(8)18(28)33-12(20(24,25)26)5-36(30,31)32/h1-2,8-9,12-16H,3-5H2,(H,30,31,32). The van der Waals surface area contributed by atoms with Crippen LogP contribution in [0.3, 0.4) is 0 Å². The van der Waals surface area contributed by atoms with E-state index in [-0.39, 0.29) is 34.8 Å². The molecule has 0 aromatic heterocycles. The molecule has 1 aromatic rings. The second kappa shape index (κ2) is 9.12. The van der Waals surface area contributed by atoms with Gasteiger partial charge in [-0.25, -0.2) is 4.79 Å². The molecule has 7 unspecified atom stereocenters. The number of alkyl halides is 3. The topological polar surface area (TPSA) is 133 Å². The molecule has 2 aliphatic carbocycles. The molecule has 3 aliphatic rings. The summed E-state index contributed by atoms with van der Waals surface area (Å²) in [5.41, 5.74) is 0.392. The Morgan fingerprint density at radius 3 is 2.47 bits per heavy atom. The van der Waals surface area contributed by atoms with E-state index in [1.807, 2.05) is 0 Å². The zero-order valence-electron chi connectivity index (χ0n) is 18.3. The number of rotatable bonds is 7. The lowest BCUT2D eigenvalue weighted by Gasteiger charge is -2.31. The third kappa shape index (κ3) is 4.76. The average Bonchev–Trinajstić information content (AvgIpc) is 3.33. The van der Waals surface area contributed by atoms with Crippen LogP contribution in [0, 0.1) is 23.7 Å². The minimum absolute atomic E-state index is 0.0786. The van der Waals surface area contributed by atoms with Gasteiger partial charge >= 0.3 is 24.1 Å². The molecule has 7 atom stereocenters. The minimum Gasteiger partial charge on any atom is -0.461 e. The maximum Gasteiger partial charge on any atom is 0.426 e. The Kier molecular flexibility index (Phi) is 6.74. The molecule has 36 heavy (non-hydrogen) atoms. The quantitative estimate of drug-likeness (QED) is 0.200. The Hall–Kier alpha value is -2.48. The lowest BCUT2D eigenvalue weighted by Crippen LogP contribution is -2.47. The molecule has 3 fully saturated rings. The fourth-order valence-corrected chi connectivity index (χ4v) is 6.02. The van der Waals surface area contributed by atoms with E-state index in [1.54, 1.807) is 0 Å². The number of halogens is 3. The molecule has 1 aliphatic heterocycles. The fourth-order valence-electron chi connectivity index (χ4n) is 5.38. The van der Waals surface area contributed by atoms with Crippen molar-refractivity contribution in [3.63, 3.8) is 0 Å². The van der Waals surface area contributed by atoms with Crippen LogP contribution in [0.5, 0.6) is 0 Å². The highest BCUT2D eigenvalue weighted by Gasteiger charge is 2.70. The molecular weight excluding hydrogens is 506 g/mol. The predicted octanol–water partition coefficient (Wildman–Crippen LogP) is -1.36. The highest BCUT2D eigenvalue weighted by Crippen LogP contribution is 2.59. The van der Waals surface area contributed by atoms with Gasteiger partial charge in [0.2, 0.25) is 6.10 Å². The second-order valence-corrected chi connectivity index (χ2v) is 10.4. The molecular formula is C20H16B3F3O9S. The van der Waals surface area contributed by atoms with Crippen molar-refractivity contribution in [1.29, 1.82) is 0 Å². The van der Waals surface area contributed by atoms with Gasteiger partial charge in [-0.05, 0) is 12.0 Å². The van der Waals surface area contributed by atoms with Gasteiger partial charge in [0.1, 0.15) is 45.5 Å². The number of carbonyl (C=O) groups excluding carboxylic acids is 3. The molecule has 186 valence electrons. The van der Waals surface area contributed by atoms with Crippen molar-refractivity contribution >= 4 is 62.5 Å². The minimum atomic E-state index is -5.31. The Bertz CT molecular complexity index is 1220. The van der Waals surface area contributed by atoms with Gasteiger partial charge in [0, 0.05) is 11.8 Å². The first kappa shape index (κ1) is 26.6. The first-order chi connectivity index (χ1) is 16.6. The van der Waals surface area contributed by atoms with Crippen LogP contribution in [-0.4, -0.2) is 84.7 Å². The van der Waals surface area contributed by atoms with Crippen LogP contribution in [0.4, 0.5) is 13.2 Å². The average molecular weight is 522 g/mol. The van der Waals surface area contributed by atoms with E-state index in [9.17, 15) is 36.0 Å². The van der Waals surface area contributed by atoms with Gasteiger partial charge in [0.25, 0.3) is 10.1 Å². The molecule has 1 saturated heterocycles. The number of fused-ring (bicyclic) bond motifs is 1. The summed E-state index contributed by atoms with van der Waals surface area (Å²) < 4.78 is 85.8. The van der Waals surface area contributed by atoms with E-state index in [1.165, 1.54) is 12.1 Å². The van der Waals surface area contributed by atoms with Gasteiger partial charge in [0.15, 0.2) is 0 Å². The number of hydrogen-bond acceptors (Lipinski definition) is 8. The van der Waals surface area contributed by atoms with Crippen molar-refractivity contribution in [3.05, 3.63) is 23.3 Å². The van der Waals surface area contributed by atoms with Crippen LogP contribution in [0.1, 0.15) is 22.3 Å². The molecule has 0 spiro atoms. The number of benzene rings is 1. The Balaban J connectivity index is 1.59. The third-order valence-electron chi connectivity index (χ3n) is 6.77. The van der Waals surface area contributed by atoms with Crippen molar-refractivity contribution in [2.45, 2.75) is 37.2 Å². The van der Waals surface area contributed by atoms with Gasteiger partial charge in [0.05, 0.1) is 13.4 Å². The van der Waals surface area contributed by atoms with E-state index in [4.69, 9.17) is 37.6 Å². The van der Waals surface area contributed by atoms with Gasteiger partial charge in [-0.3, -0.25) is 14.1 Å². The van der Waals surface area contributed by atoms with E-state index in [0.29, 0.717) is 0 Å². The maximum atomic E-state index is 13.3. The van der Waals surface area contributed by atoms with Crippen LogP contribution in [0.25, 0.3) is 0 Å². The number of hydrogen-bond donors (Lipinski definition) is 1. The van der Waals surface area contributed by atoms with Crippen molar-refractivity contribution in [2.75, 3.05) is 5.75 Å². The van der Waals surface area contributed by atoms with Crippen LogP contribution in [-0.2, 0) is 40.2 Å². The summed E-state index contributed by atoms with van der Waals surface area (Å²) >= 11 is 0. The summed E-state index contributed by atoms with van der Waals surface area (Å²) in [5.74, 6) is -9.16. The number of esters is 3. The third-order valence-corrected chi connectivity index (χ3v) is 7.50. The molecule has 1 N–H and O–H groups in total. The largest absolute Gasteiger partial charge is 0.461 e. The first-order valence-electron chi connectivity index (χ1n) is 10.6. The van der Waals surface area contributed by atoms with E-state index < -0.39 is 81.9 Å². The fraction of sp³-hybridized carbons (Fsp3) is 0.550. The van der Waals surface area contributed by atoms with Gasteiger partial charge in [-0.1, -0.05) is 29.4 Å². The molecule has 1 heterocycles. The number of ether oxygens (including phenoxy) is 3. The van der Waals surface area contributed by atoms with E-state index in [0.717, 1.165) is 0 Å². The highest BCUT2D eigenvalue weighted by atomic mass is 32.2. The van der Waals surface area contributed by atoms with Crippen molar-refractivity contribution in [3.8, 4) is 0 Å². The summed E-state index contributed by atoms with van der Waals surface area (Å²) in [6.07, 6.45) is -10.9. The van der Waals surface area contributed by atoms with Crippen LogP contribution in [0.2, 0.25) is 0 Å². The van der Waals surface area contributed by atoms with E-state index in [2.05, 4.69) is 4.74 Å². The van der Waals surface area contributed by atoms with Gasteiger partial charge in [-0.15, -0.1) is 0 Å². The maximum absolute atomic E-state index is 13.3. The van der Waals surface area contributed by atoms with Crippen LogP contribution >= 0.6 is 0 Å². The van der Waals surface area contributed by atoms with Gasteiger partial charge < -0.3 is 14.2 Å². The number of carbonyl (C=O) groups is 3.